The molecule has 22 heavy (non-hydrogen) atoms. The molecule has 128 valence electrons. The number of Topliss-reactive ketones (excluding diaryl/α,β-unsaturated/α-hetero) is 1. The third kappa shape index (κ3) is 3.75. The molecule has 3 aliphatic heterocycles. The highest BCUT2D eigenvalue weighted by atomic mass is 35.5. The zero-order valence-corrected chi connectivity index (χ0v) is 13.7. The van der Waals surface area contributed by atoms with E-state index >= 15 is 0 Å². The molecule has 5 nitrogen and oxygen atoms in total. The lowest BCUT2D eigenvalue weighted by Gasteiger charge is -2.50. The molecule has 0 aromatic carbocycles. The molecule has 1 unspecified atom stereocenters. The number of rotatable bonds is 6. The Morgan fingerprint density at radius 3 is 2.55 bits per heavy atom. The minimum Gasteiger partial charge on any atom is -0.383 e. The van der Waals surface area contributed by atoms with E-state index in [9.17, 15) is 18.4 Å². The zero-order chi connectivity index (χ0) is 15.6. The number of piperidine rings is 3. The van der Waals surface area contributed by atoms with Crippen LogP contribution < -0.4 is 0 Å². The lowest BCUT2D eigenvalue weighted by atomic mass is 9.69. The Morgan fingerprint density at radius 2 is 2.05 bits per heavy atom. The average molecular weight is 341 g/mol. The van der Waals surface area contributed by atoms with Crippen molar-refractivity contribution in [2.45, 2.75) is 32.2 Å². The van der Waals surface area contributed by atoms with E-state index in [1.165, 1.54) is 7.11 Å². The van der Waals surface area contributed by atoms with Gasteiger partial charge in [0.2, 0.25) is 0 Å². The van der Waals surface area contributed by atoms with Crippen LogP contribution in [0, 0.1) is 5.41 Å². The fourth-order valence-electron chi connectivity index (χ4n) is 3.18. The molecule has 1 amide bonds. The second-order valence-electron chi connectivity index (χ2n) is 6.05. The van der Waals surface area contributed by atoms with Crippen LogP contribution in [0.15, 0.2) is 0 Å². The van der Waals surface area contributed by atoms with Crippen molar-refractivity contribution in [3.8, 4) is 0 Å². The number of fused-ring (bicyclic) bond motifs is 3. The summed E-state index contributed by atoms with van der Waals surface area (Å²) in [6.07, 6.45) is -1.44. The number of hydrogen-bond acceptors (Lipinski definition) is 4. The maximum Gasteiger partial charge on any atom is 0.315 e. The highest BCUT2D eigenvalue weighted by Gasteiger charge is 2.49. The Hall–Kier alpha value is -0.790. The van der Waals surface area contributed by atoms with E-state index in [1.54, 1.807) is 0 Å². The number of amides is 1. The molecule has 0 radical (unpaired) electrons. The number of methoxy groups -OCH3 is 1. The summed E-state index contributed by atoms with van der Waals surface area (Å²) < 4.78 is 30.2. The van der Waals surface area contributed by atoms with Crippen molar-refractivity contribution in [2.24, 2.45) is 5.41 Å². The van der Waals surface area contributed by atoms with Crippen molar-refractivity contribution in [3.63, 3.8) is 0 Å². The summed E-state index contributed by atoms with van der Waals surface area (Å²) in [5.41, 5.74) is -0.361. The van der Waals surface area contributed by atoms with Gasteiger partial charge in [0.25, 0.3) is 5.91 Å². The molecular formula is C14H23ClF2N2O3. The van der Waals surface area contributed by atoms with Crippen LogP contribution in [0.1, 0.15) is 19.8 Å². The summed E-state index contributed by atoms with van der Waals surface area (Å²) in [4.78, 5) is 27.2. The van der Waals surface area contributed by atoms with Gasteiger partial charge in [0.15, 0.2) is 5.78 Å². The average Bonchev–Trinajstić information content (AvgIpc) is 2.46. The van der Waals surface area contributed by atoms with Gasteiger partial charge in [-0.25, -0.2) is 0 Å². The quantitative estimate of drug-likeness (QED) is 0.729. The smallest absolute Gasteiger partial charge is 0.315 e. The van der Waals surface area contributed by atoms with Gasteiger partial charge in [-0.05, 0) is 25.9 Å². The van der Waals surface area contributed by atoms with E-state index in [0.717, 1.165) is 30.8 Å². The molecule has 0 aliphatic carbocycles. The minimum atomic E-state index is -3.05. The number of nitrogens with zero attached hydrogens (tertiary/aromatic N) is 2. The number of halogens is 3. The van der Waals surface area contributed by atoms with Gasteiger partial charge in [0.1, 0.15) is 0 Å². The molecule has 0 N–H and O–H groups in total. The summed E-state index contributed by atoms with van der Waals surface area (Å²) in [5, 5.41) is 0. The Labute approximate surface area is 135 Å². The molecule has 0 saturated carbocycles. The Balaban J connectivity index is 0.00000242. The van der Waals surface area contributed by atoms with E-state index in [2.05, 4.69) is 0 Å². The monoisotopic (exact) mass is 340 g/mol. The third-order valence-electron chi connectivity index (χ3n) is 4.70. The largest absolute Gasteiger partial charge is 0.383 e. The van der Waals surface area contributed by atoms with Crippen LogP contribution in [0.3, 0.4) is 0 Å². The summed E-state index contributed by atoms with van der Waals surface area (Å²) in [7, 11) is 1.45. The van der Waals surface area contributed by atoms with E-state index in [4.69, 9.17) is 4.74 Å². The van der Waals surface area contributed by atoms with Gasteiger partial charge in [-0.2, -0.15) is 8.78 Å². The minimum absolute atomic E-state index is 0. The van der Waals surface area contributed by atoms with Crippen LogP contribution in [-0.2, 0) is 14.3 Å². The molecule has 3 aliphatic rings. The number of carbonyl (C=O) groups is 2. The Bertz CT molecular complexity index is 415. The molecule has 3 rings (SSSR count). The third-order valence-corrected chi connectivity index (χ3v) is 4.70. The number of ether oxygens (including phenoxy) is 1. The first-order valence-electron chi connectivity index (χ1n) is 7.23. The number of alkyl halides is 2. The second kappa shape index (κ2) is 7.66. The molecule has 1 atom stereocenters. The number of carbonyl (C=O) groups excluding carboxylic acids is 2. The molecule has 3 saturated heterocycles. The van der Waals surface area contributed by atoms with Gasteiger partial charge in [0.05, 0.1) is 12.6 Å². The Kier molecular flexibility index (Phi) is 6.70. The molecule has 3 heterocycles. The highest BCUT2D eigenvalue weighted by molar-refractivity contribution is 5.92. The van der Waals surface area contributed by atoms with Crippen molar-refractivity contribution in [1.82, 2.24) is 9.80 Å². The Morgan fingerprint density at radius 1 is 1.45 bits per heavy atom. The molecule has 0 spiro atoms. The first-order valence-corrected chi connectivity index (χ1v) is 7.23. The van der Waals surface area contributed by atoms with Crippen LogP contribution in [0.25, 0.3) is 0 Å². The standard InChI is InChI=1S/C14H22F2N2O3.ClH/c1-14-3-5-17(6-4-14)10(11(14)19)9-18(7-8-21-2)13(20)12(15)16;/h10,12H,3-9H2,1-2H3;1H. The zero-order valence-electron chi connectivity index (χ0n) is 12.9. The first kappa shape index (κ1) is 19.3. The van der Waals surface area contributed by atoms with E-state index in [0.29, 0.717) is 0 Å². The van der Waals surface area contributed by atoms with Crippen LogP contribution in [0.5, 0.6) is 0 Å². The van der Waals surface area contributed by atoms with Crippen molar-refractivity contribution < 1.29 is 23.1 Å². The summed E-state index contributed by atoms with van der Waals surface area (Å²) >= 11 is 0. The SMILES string of the molecule is COCCN(CC1C(=O)C2(C)CCN1CC2)C(=O)C(F)F.Cl. The topological polar surface area (TPSA) is 49.9 Å². The van der Waals surface area contributed by atoms with Crippen LogP contribution in [0.4, 0.5) is 8.78 Å². The van der Waals surface area contributed by atoms with Crippen LogP contribution in [0.2, 0.25) is 0 Å². The molecule has 8 heteroatoms. The lowest BCUT2D eigenvalue weighted by Crippen LogP contribution is -2.63. The van der Waals surface area contributed by atoms with Crippen LogP contribution >= 0.6 is 12.4 Å². The normalized spacial score (nSPS) is 30.3. The molecule has 0 aromatic rings. The van der Waals surface area contributed by atoms with Crippen LogP contribution in [-0.4, -0.2) is 73.9 Å². The van der Waals surface area contributed by atoms with E-state index in [1.807, 2.05) is 11.8 Å². The molecule has 3 fully saturated rings. The van der Waals surface area contributed by atoms with E-state index < -0.39 is 18.4 Å². The van der Waals surface area contributed by atoms with Crippen molar-refractivity contribution >= 4 is 24.1 Å². The predicted octanol–water partition coefficient (Wildman–Crippen LogP) is 1.20. The molecule has 2 bridgehead atoms. The van der Waals surface area contributed by atoms with Crippen molar-refractivity contribution in [3.05, 3.63) is 0 Å². The fourth-order valence-corrected chi connectivity index (χ4v) is 3.18. The summed E-state index contributed by atoms with van der Waals surface area (Å²) in [6.45, 7) is 3.79. The van der Waals surface area contributed by atoms with Gasteiger partial charge >= 0.3 is 6.43 Å². The lowest BCUT2D eigenvalue weighted by molar-refractivity contribution is -0.152. The summed E-state index contributed by atoms with van der Waals surface area (Å²) in [6, 6.07) is -0.461. The second-order valence-corrected chi connectivity index (χ2v) is 6.05. The highest BCUT2D eigenvalue weighted by Crippen LogP contribution is 2.40. The molecular weight excluding hydrogens is 318 g/mol. The maximum atomic E-state index is 12.7. The summed E-state index contributed by atoms with van der Waals surface area (Å²) in [5.74, 6) is -1.16. The van der Waals surface area contributed by atoms with Gasteiger partial charge in [-0.1, -0.05) is 6.92 Å². The van der Waals surface area contributed by atoms with Gasteiger partial charge < -0.3 is 9.64 Å². The van der Waals surface area contributed by atoms with Gasteiger partial charge in [0, 0.05) is 25.6 Å². The van der Waals surface area contributed by atoms with Gasteiger partial charge in [-0.3, -0.25) is 14.5 Å². The number of ketones is 1. The maximum absolute atomic E-state index is 12.7. The predicted molar refractivity (Wildman–Crippen MR) is 79.4 cm³/mol. The number of hydrogen-bond donors (Lipinski definition) is 0. The molecule has 0 aromatic heterocycles. The fraction of sp³-hybridized carbons (Fsp3) is 0.857. The van der Waals surface area contributed by atoms with Gasteiger partial charge in [-0.15, -0.1) is 12.4 Å². The van der Waals surface area contributed by atoms with E-state index in [-0.39, 0.29) is 43.3 Å². The van der Waals surface area contributed by atoms with Crippen molar-refractivity contribution in [1.29, 1.82) is 0 Å². The first-order chi connectivity index (χ1) is 9.89. The van der Waals surface area contributed by atoms with Crippen molar-refractivity contribution in [2.75, 3.05) is 39.9 Å².